The van der Waals surface area contributed by atoms with Crippen LogP contribution in [0.2, 0.25) is 0 Å². The number of rotatable bonds is 4. The summed E-state index contributed by atoms with van der Waals surface area (Å²) >= 11 is 0. The van der Waals surface area contributed by atoms with E-state index in [-0.39, 0.29) is 11.5 Å². The van der Waals surface area contributed by atoms with Crippen LogP contribution in [0.5, 0.6) is 0 Å². The molecule has 2 aromatic heterocycles. The predicted molar refractivity (Wildman–Crippen MR) is 98.3 cm³/mol. The van der Waals surface area contributed by atoms with Gasteiger partial charge in [-0.15, -0.1) is 10.2 Å². The smallest absolute Gasteiger partial charge is 0.263 e. The number of benzene rings is 1. The Hall–Kier alpha value is -3.29. The monoisotopic (exact) mass is 364 g/mol. The number of nitrogens with zero attached hydrogens (tertiary/aromatic N) is 5. The van der Waals surface area contributed by atoms with E-state index in [1.165, 1.54) is 18.1 Å². The first kappa shape index (κ1) is 17.1. The van der Waals surface area contributed by atoms with E-state index in [0.717, 1.165) is 24.5 Å². The molecule has 4 rings (SSSR count). The van der Waals surface area contributed by atoms with E-state index < -0.39 is 5.56 Å². The van der Waals surface area contributed by atoms with Crippen molar-refractivity contribution in [3.63, 3.8) is 0 Å². The van der Waals surface area contributed by atoms with Crippen molar-refractivity contribution in [3.8, 4) is 0 Å². The molecule has 0 spiro atoms. The lowest BCUT2D eigenvalue weighted by atomic mass is 10.1. The molecule has 1 aliphatic rings. The Morgan fingerprint density at radius 3 is 2.74 bits per heavy atom. The van der Waals surface area contributed by atoms with Gasteiger partial charge in [-0.25, -0.2) is 4.98 Å². The molecule has 0 unspecified atom stereocenters. The third-order valence-electron chi connectivity index (χ3n) is 4.82. The van der Waals surface area contributed by atoms with Gasteiger partial charge in [0.2, 0.25) is 0 Å². The van der Waals surface area contributed by atoms with Gasteiger partial charge >= 0.3 is 0 Å². The number of hydrogen-bond donors (Lipinski definition) is 1. The van der Waals surface area contributed by atoms with E-state index in [4.69, 9.17) is 0 Å². The number of hydrogen-bond acceptors (Lipinski definition) is 5. The molecule has 0 saturated carbocycles. The standard InChI is InChI=1S/C19H20N6O2/c26-18-15(12-20-13-21-18)19(27)24-9-8-17-23-22-16(25(17)11-10-24)7-6-14-4-2-1-3-5-14/h1-5,12-13H,6-11H2,(H,20,21,26). The fraction of sp³-hybridized carbons (Fsp3) is 0.316. The Labute approximate surface area is 155 Å². The molecule has 0 bridgehead atoms. The van der Waals surface area contributed by atoms with Gasteiger partial charge in [0.1, 0.15) is 17.2 Å². The number of amides is 1. The summed E-state index contributed by atoms with van der Waals surface area (Å²) in [6, 6.07) is 10.3. The molecule has 27 heavy (non-hydrogen) atoms. The third-order valence-corrected chi connectivity index (χ3v) is 4.82. The lowest BCUT2D eigenvalue weighted by Crippen LogP contribution is -2.37. The second-order valence-corrected chi connectivity index (χ2v) is 6.51. The molecule has 1 aromatic carbocycles. The van der Waals surface area contributed by atoms with Crippen LogP contribution in [-0.4, -0.2) is 48.6 Å². The predicted octanol–water partition coefficient (Wildman–Crippen LogP) is 0.845. The van der Waals surface area contributed by atoms with Crippen LogP contribution >= 0.6 is 0 Å². The fourth-order valence-electron chi connectivity index (χ4n) is 3.34. The van der Waals surface area contributed by atoms with Crippen molar-refractivity contribution in [3.05, 3.63) is 76.0 Å². The maximum absolute atomic E-state index is 12.7. The average Bonchev–Trinajstić information content (AvgIpc) is 2.96. The molecule has 0 fully saturated rings. The highest BCUT2D eigenvalue weighted by Gasteiger charge is 2.24. The second kappa shape index (κ2) is 7.53. The van der Waals surface area contributed by atoms with Crippen molar-refractivity contribution in [2.75, 3.05) is 13.1 Å². The highest BCUT2D eigenvalue weighted by molar-refractivity contribution is 5.93. The third kappa shape index (κ3) is 3.64. The van der Waals surface area contributed by atoms with Gasteiger partial charge in [0.05, 0.1) is 6.33 Å². The Kier molecular flexibility index (Phi) is 4.78. The number of carbonyl (C=O) groups is 1. The highest BCUT2D eigenvalue weighted by atomic mass is 16.2. The van der Waals surface area contributed by atoms with Crippen LogP contribution in [0.3, 0.4) is 0 Å². The molecule has 3 aromatic rings. The Balaban J connectivity index is 1.46. The molecular formula is C19H20N6O2. The summed E-state index contributed by atoms with van der Waals surface area (Å²) in [5.74, 6) is 1.52. The van der Waals surface area contributed by atoms with E-state index in [9.17, 15) is 9.59 Å². The van der Waals surface area contributed by atoms with E-state index in [1.807, 2.05) is 18.2 Å². The minimum Gasteiger partial charge on any atom is -0.336 e. The van der Waals surface area contributed by atoms with E-state index >= 15 is 0 Å². The first-order valence-electron chi connectivity index (χ1n) is 8.99. The first-order valence-corrected chi connectivity index (χ1v) is 8.99. The zero-order valence-corrected chi connectivity index (χ0v) is 14.8. The number of aromatic amines is 1. The van der Waals surface area contributed by atoms with Crippen LogP contribution in [0.25, 0.3) is 0 Å². The first-order chi connectivity index (χ1) is 13.2. The average molecular weight is 364 g/mol. The van der Waals surface area contributed by atoms with E-state index in [2.05, 4.69) is 36.9 Å². The summed E-state index contributed by atoms with van der Waals surface area (Å²) in [6.45, 7) is 1.64. The summed E-state index contributed by atoms with van der Waals surface area (Å²) in [5.41, 5.74) is 0.915. The van der Waals surface area contributed by atoms with E-state index in [1.54, 1.807) is 4.90 Å². The van der Waals surface area contributed by atoms with Crippen LogP contribution in [0, 0.1) is 0 Å². The normalized spacial score (nSPS) is 13.9. The zero-order valence-electron chi connectivity index (χ0n) is 14.8. The summed E-state index contributed by atoms with van der Waals surface area (Å²) in [5, 5.41) is 8.65. The number of aryl methyl sites for hydroxylation is 2. The van der Waals surface area contributed by atoms with Gasteiger partial charge in [-0.3, -0.25) is 9.59 Å². The molecule has 1 amide bonds. The lowest BCUT2D eigenvalue weighted by molar-refractivity contribution is 0.0756. The van der Waals surface area contributed by atoms with Crippen LogP contribution in [0.4, 0.5) is 0 Å². The van der Waals surface area contributed by atoms with Gasteiger partial charge in [0, 0.05) is 38.7 Å². The molecule has 1 aliphatic heterocycles. The molecule has 138 valence electrons. The van der Waals surface area contributed by atoms with Crippen molar-refractivity contribution < 1.29 is 4.79 Å². The molecule has 0 saturated heterocycles. The summed E-state index contributed by atoms with van der Waals surface area (Å²) in [4.78, 5) is 32.5. The zero-order chi connectivity index (χ0) is 18.6. The Bertz CT molecular complexity index is 995. The van der Waals surface area contributed by atoms with Gasteiger partial charge < -0.3 is 14.5 Å². The quantitative estimate of drug-likeness (QED) is 0.740. The van der Waals surface area contributed by atoms with Gasteiger partial charge in [0.15, 0.2) is 0 Å². The van der Waals surface area contributed by atoms with Crippen LogP contribution in [-0.2, 0) is 25.8 Å². The van der Waals surface area contributed by atoms with Crippen molar-refractivity contribution >= 4 is 5.91 Å². The number of H-pyrrole nitrogens is 1. The molecule has 8 nitrogen and oxygen atoms in total. The Morgan fingerprint density at radius 1 is 1.07 bits per heavy atom. The second-order valence-electron chi connectivity index (χ2n) is 6.51. The van der Waals surface area contributed by atoms with E-state index in [0.29, 0.717) is 26.1 Å². The topological polar surface area (TPSA) is 96.8 Å². The number of aromatic nitrogens is 5. The summed E-state index contributed by atoms with van der Waals surface area (Å²) < 4.78 is 2.10. The van der Waals surface area contributed by atoms with Gasteiger partial charge in [-0.05, 0) is 12.0 Å². The van der Waals surface area contributed by atoms with Crippen LogP contribution in [0.1, 0.15) is 27.6 Å². The number of carbonyl (C=O) groups excluding carboxylic acids is 1. The highest BCUT2D eigenvalue weighted by Crippen LogP contribution is 2.13. The van der Waals surface area contributed by atoms with Crippen molar-refractivity contribution in [2.45, 2.75) is 25.8 Å². The van der Waals surface area contributed by atoms with Crippen molar-refractivity contribution in [1.82, 2.24) is 29.6 Å². The molecule has 3 heterocycles. The number of nitrogens with one attached hydrogen (secondary N) is 1. The summed E-state index contributed by atoms with van der Waals surface area (Å²) in [6.07, 6.45) is 4.90. The van der Waals surface area contributed by atoms with Gasteiger partial charge in [0.25, 0.3) is 11.5 Å². The molecule has 0 atom stereocenters. The van der Waals surface area contributed by atoms with Crippen molar-refractivity contribution in [2.24, 2.45) is 0 Å². The molecule has 1 N–H and O–H groups in total. The van der Waals surface area contributed by atoms with Crippen LogP contribution < -0.4 is 5.56 Å². The summed E-state index contributed by atoms with van der Waals surface area (Å²) in [7, 11) is 0. The SMILES string of the molecule is O=C(c1cnc[nH]c1=O)N1CCc2nnc(CCc3ccccc3)n2CC1. The van der Waals surface area contributed by atoms with Crippen molar-refractivity contribution in [1.29, 1.82) is 0 Å². The maximum Gasteiger partial charge on any atom is 0.263 e. The molecule has 0 radical (unpaired) electrons. The molecule has 0 aliphatic carbocycles. The number of fused-ring (bicyclic) bond motifs is 1. The maximum atomic E-state index is 12.7. The van der Waals surface area contributed by atoms with Gasteiger partial charge in [-0.1, -0.05) is 30.3 Å². The minimum absolute atomic E-state index is 0.0690. The minimum atomic E-state index is -0.415. The largest absolute Gasteiger partial charge is 0.336 e. The molecular weight excluding hydrogens is 344 g/mol. The lowest BCUT2D eigenvalue weighted by Gasteiger charge is -2.19. The Morgan fingerprint density at radius 2 is 1.93 bits per heavy atom. The van der Waals surface area contributed by atoms with Crippen LogP contribution in [0.15, 0.2) is 47.7 Å². The van der Waals surface area contributed by atoms with Gasteiger partial charge in [-0.2, -0.15) is 0 Å². The molecule has 8 heteroatoms. The fourth-order valence-corrected chi connectivity index (χ4v) is 3.34.